The Morgan fingerprint density at radius 3 is 1.96 bits per heavy atom. The minimum atomic E-state index is -2.30. The molecule has 2 fully saturated rings. The number of nitrogens with one attached hydrogen (secondary N) is 1. The number of aliphatic hydroxyl groups excluding tert-OH is 10. The van der Waals surface area contributed by atoms with Gasteiger partial charge in [-0.05, 0) is 33.1 Å². The molecule has 0 radical (unpaired) electrons. The van der Waals surface area contributed by atoms with Gasteiger partial charge in [-0.1, -0.05) is 92.0 Å². The van der Waals surface area contributed by atoms with Crippen molar-refractivity contribution in [2.24, 2.45) is 17.6 Å². The Bertz CT molecular complexity index is 1690. The predicted molar refractivity (Wildman–Crippen MR) is 245 cm³/mol. The number of carbonyl (C=O) groups excluding carboxylic acids is 2. The average molecular weight is 953 g/mol. The van der Waals surface area contributed by atoms with Crippen LogP contribution in [0.2, 0.25) is 0 Å². The van der Waals surface area contributed by atoms with Crippen LogP contribution >= 0.6 is 0 Å². The summed E-state index contributed by atoms with van der Waals surface area (Å²) in [6.07, 6.45) is 4.32. The first-order valence-electron chi connectivity index (χ1n) is 23.1. The van der Waals surface area contributed by atoms with Crippen LogP contribution in [0.15, 0.2) is 85.1 Å². The van der Waals surface area contributed by atoms with Gasteiger partial charge in [0.2, 0.25) is 5.91 Å². The van der Waals surface area contributed by atoms with Crippen molar-refractivity contribution >= 4 is 11.9 Å². The van der Waals surface area contributed by atoms with Gasteiger partial charge in [-0.2, -0.15) is 0 Å². The summed E-state index contributed by atoms with van der Waals surface area (Å²) in [5, 5.41) is 121. The normalized spacial score (nSPS) is 42.7. The van der Waals surface area contributed by atoms with Gasteiger partial charge in [0.15, 0.2) is 12.1 Å². The van der Waals surface area contributed by atoms with Crippen LogP contribution in [0.1, 0.15) is 78.6 Å². The van der Waals surface area contributed by atoms with Gasteiger partial charge in [-0.25, -0.2) is 0 Å². The topological polar surface area (TPSA) is 332 Å². The summed E-state index contributed by atoms with van der Waals surface area (Å²) in [4.78, 5) is 26.0. The molecule has 0 aliphatic carbocycles. The number of allylic oxidation sites excluding steroid dienone is 12. The molecule has 1 amide bonds. The quantitative estimate of drug-likeness (QED) is 0.154. The molecule has 19 heteroatoms. The third kappa shape index (κ3) is 21.4. The first-order valence-corrected chi connectivity index (χ1v) is 23.1. The van der Waals surface area contributed by atoms with E-state index in [1.807, 2.05) is 25.2 Å². The van der Waals surface area contributed by atoms with Gasteiger partial charge in [0.1, 0.15) is 12.2 Å². The van der Waals surface area contributed by atoms with Crippen molar-refractivity contribution in [2.75, 3.05) is 13.2 Å². The van der Waals surface area contributed by atoms with Crippen LogP contribution in [-0.2, 0) is 28.5 Å². The van der Waals surface area contributed by atoms with E-state index < -0.39 is 141 Å². The predicted octanol–water partition coefficient (Wildman–Crippen LogP) is -0.510. The molecular formula is C48H76N2O17. The minimum Gasteiger partial charge on any atom is -0.462 e. The molecule has 5 unspecified atom stereocenters. The van der Waals surface area contributed by atoms with Crippen molar-refractivity contribution in [3.63, 3.8) is 0 Å². The number of hydrogen-bond donors (Lipinski definition) is 13. The molecule has 0 aromatic heterocycles. The second-order valence-corrected chi connectivity index (χ2v) is 18.0. The lowest BCUT2D eigenvalue weighted by atomic mass is 9.82. The molecule has 19 nitrogen and oxygen atoms in total. The van der Waals surface area contributed by atoms with Crippen molar-refractivity contribution in [3.05, 3.63) is 85.1 Å². The smallest absolute Gasteiger partial charge is 0.308 e. The van der Waals surface area contributed by atoms with E-state index in [1.165, 1.54) is 6.92 Å². The van der Waals surface area contributed by atoms with Crippen LogP contribution in [-0.4, -0.2) is 179 Å². The highest BCUT2D eigenvalue weighted by Crippen LogP contribution is 2.38. The number of rotatable bonds is 5. The van der Waals surface area contributed by atoms with Crippen molar-refractivity contribution < 1.29 is 84.7 Å². The summed E-state index contributed by atoms with van der Waals surface area (Å²) in [5.41, 5.74) is 5.98. The lowest BCUT2D eigenvalue weighted by molar-refractivity contribution is -0.304. The zero-order chi connectivity index (χ0) is 49.7. The van der Waals surface area contributed by atoms with E-state index in [9.17, 15) is 65.8 Å². The molecule has 380 valence electrons. The average Bonchev–Trinajstić information content (AvgIpc) is 3.23. The molecule has 14 N–H and O–H groups in total. The SMILES string of the molecule is C[C@H](O)CNC(=O)[C@H]1[C@@H]2C[C@@H](O[C@@H]3OC[C@@H](O)[C@H](N)[C@@H]3O)/C=C/C=C/C=C/C=C/C=C/C=C/C=C/[C@H](C)[C@@H](O)C[C@H](C)OC(=O)CC(O)CC(O)CCC(O)C(O)CC(O)C[C@](O)(C[C@@H]1O)O2. The summed E-state index contributed by atoms with van der Waals surface area (Å²) < 4.78 is 23.1. The summed E-state index contributed by atoms with van der Waals surface area (Å²) >= 11 is 0. The number of aliphatic hydroxyl groups is 11. The molecule has 18 atom stereocenters. The fourth-order valence-electron chi connectivity index (χ4n) is 7.88. The van der Waals surface area contributed by atoms with Crippen LogP contribution in [0.5, 0.6) is 0 Å². The van der Waals surface area contributed by atoms with Gasteiger partial charge in [0, 0.05) is 44.6 Å². The van der Waals surface area contributed by atoms with Crippen molar-refractivity contribution in [3.8, 4) is 0 Å². The molecule has 0 spiro atoms. The first-order chi connectivity index (χ1) is 31.7. The maximum atomic E-state index is 13.5. The van der Waals surface area contributed by atoms with E-state index in [-0.39, 0.29) is 51.2 Å². The van der Waals surface area contributed by atoms with E-state index in [2.05, 4.69) is 5.32 Å². The van der Waals surface area contributed by atoms with Crippen molar-refractivity contribution in [1.29, 1.82) is 0 Å². The monoisotopic (exact) mass is 953 g/mol. The Kier molecular flexibility index (Phi) is 25.5. The van der Waals surface area contributed by atoms with Gasteiger partial charge >= 0.3 is 5.97 Å². The van der Waals surface area contributed by atoms with Gasteiger partial charge in [0.05, 0.1) is 92.1 Å². The summed E-state index contributed by atoms with van der Waals surface area (Å²) in [5.74, 6) is -5.35. The van der Waals surface area contributed by atoms with Crippen LogP contribution in [0.3, 0.4) is 0 Å². The van der Waals surface area contributed by atoms with E-state index >= 15 is 0 Å². The van der Waals surface area contributed by atoms with E-state index in [0.29, 0.717) is 0 Å². The molecule has 0 saturated carbocycles. The molecular weight excluding hydrogens is 877 g/mol. The fraction of sp³-hybridized carbons (Fsp3) is 0.667. The lowest BCUT2D eigenvalue weighted by Gasteiger charge is -2.45. The molecule has 3 heterocycles. The Morgan fingerprint density at radius 1 is 0.746 bits per heavy atom. The Balaban J connectivity index is 1.89. The van der Waals surface area contributed by atoms with E-state index in [4.69, 9.17) is 24.7 Å². The molecule has 3 aliphatic rings. The molecule has 3 aliphatic heterocycles. The van der Waals surface area contributed by atoms with Gasteiger partial charge in [0.25, 0.3) is 0 Å². The molecule has 0 aromatic carbocycles. The number of amides is 1. The largest absolute Gasteiger partial charge is 0.462 e. The Morgan fingerprint density at radius 2 is 1.34 bits per heavy atom. The second kappa shape index (κ2) is 29.5. The van der Waals surface area contributed by atoms with Crippen molar-refractivity contribution in [2.45, 2.75) is 176 Å². The first kappa shape index (κ1) is 57.8. The Hall–Kier alpha value is -3.48. The van der Waals surface area contributed by atoms with E-state index in [1.54, 1.807) is 73.8 Å². The summed E-state index contributed by atoms with van der Waals surface area (Å²) in [6.45, 7) is 4.46. The number of fused-ring (bicyclic) bond motifs is 2. The lowest BCUT2D eigenvalue weighted by Crippen LogP contribution is -2.59. The number of cyclic esters (lactones) is 1. The molecule has 3 rings (SSSR count). The zero-order valence-electron chi connectivity index (χ0n) is 38.6. The van der Waals surface area contributed by atoms with E-state index in [0.717, 1.165) is 0 Å². The highest BCUT2D eigenvalue weighted by Gasteiger charge is 2.50. The molecule has 67 heavy (non-hydrogen) atoms. The van der Waals surface area contributed by atoms with Gasteiger partial charge in [-0.3, -0.25) is 9.59 Å². The molecule has 0 aromatic rings. The minimum absolute atomic E-state index is 0.101. The van der Waals surface area contributed by atoms with Gasteiger partial charge in [-0.15, -0.1) is 0 Å². The van der Waals surface area contributed by atoms with Crippen LogP contribution in [0.25, 0.3) is 0 Å². The number of esters is 1. The Labute approximate surface area is 392 Å². The number of nitrogens with two attached hydrogens (primary N) is 1. The number of ether oxygens (including phenoxy) is 4. The highest BCUT2D eigenvalue weighted by atomic mass is 16.7. The van der Waals surface area contributed by atoms with Crippen LogP contribution in [0, 0.1) is 11.8 Å². The summed E-state index contributed by atoms with van der Waals surface area (Å²) in [6, 6.07) is -1.12. The zero-order valence-corrected chi connectivity index (χ0v) is 38.6. The maximum Gasteiger partial charge on any atom is 0.308 e. The fourth-order valence-corrected chi connectivity index (χ4v) is 7.88. The highest BCUT2D eigenvalue weighted by molar-refractivity contribution is 5.80. The molecule has 2 saturated heterocycles. The van der Waals surface area contributed by atoms with Crippen LogP contribution in [0.4, 0.5) is 0 Å². The maximum absolute atomic E-state index is 13.5. The standard InChI is InChI=1S/C48H76N2O17/c1-29-16-14-12-10-8-6-4-5-7-9-11-13-15-17-35(66-47-45(61)44(49)40(59)28-64-47)24-41-43(46(62)50-27-30(2)51)39(58)26-48(63,67-41)25-34(54)22-38(57)36(55)19-18-32(52)21-33(53)23-42(60)65-31(3)20-37(29)56/h4-17,29-41,43-45,47,51-59,61,63H,18-28,49H2,1-3H3,(H,50,62)/b5-4+,8-6+,9-7+,12-10+,13-11+,16-14+,17-15+/t29-,30-,31-,32?,33?,34?,35-,36?,37-,38?,39-,40+,41-,43+,44-,45-,47-,48+/m0/s1. The third-order valence-corrected chi connectivity index (χ3v) is 11.6. The van der Waals surface area contributed by atoms with Crippen LogP contribution < -0.4 is 11.1 Å². The number of hydrogen-bond acceptors (Lipinski definition) is 18. The molecule has 2 bridgehead atoms. The number of carbonyl (C=O) groups is 2. The van der Waals surface area contributed by atoms with Gasteiger partial charge < -0.3 is 86.2 Å². The third-order valence-electron chi connectivity index (χ3n) is 11.6. The van der Waals surface area contributed by atoms with Crippen molar-refractivity contribution in [1.82, 2.24) is 5.32 Å². The second-order valence-electron chi connectivity index (χ2n) is 18.0. The summed E-state index contributed by atoms with van der Waals surface area (Å²) in [7, 11) is 0.